The number of carbonyl (C=O) groups is 2. The summed E-state index contributed by atoms with van der Waals surface area (Å²) >= 11 is 7.08. The summed E-state index contributed by atoms with van der Waals surface area (Å²) < 4.78 is 38.6. The minimum Gasteiger partial charge on any atom is -1.00 e. The zero-order chi connectivity index (χ0) is 21.4. The Morgan fingerprint density at radius 2 is 1.83 bits per heavy atom. The van der Waals surface area contributed by atoms with Gasteiger partial charge in [-0.15, -0.1) is 11.3 Å². The van der Waals surface area contributed by atoms with Crippen LogP contribution in [-0.2, 0) is 30.6 Å². The van der Waals surface area contributed by atoms with E-state index in [1.807, 2.05) is 0 Å². The molecule has 1 aliphatic rings. The highest BCUT2D eigenvalue weighted by atomic mass is 127. The van der Waals surface area contributed by atoms with Crippen molar-refractivity contribution in [2.24, 2.45) is 5.73 Å². The van der Waals surface area contributed by atoms with Crippen LogP contribution in [-0.4, -0.2) is 42.5 Å². The summed E-state index contributed by atoms with van der Waals surface area (Å²) in [7, 11) is 1.56. The van der Waals surface area contributed by atoms with Crippen LogP contribution in [0, 0.1) is 0 Å². The van der Waals surface area contributed by atoms with Gasteiger partial charge in [0.2, 0.25) is 5.91 Å². The van der Waals surface area contributed by atoms with Gasteiger partial charge < -0.3 is 34.2 Å². The first-order valence-electron chi connectivity index (χ1n) is 9.05. The second kappa shape index (κ2) is 9.54. The predicted octanol–water partition coefficient (Wildman–Crippen LogP) is 0.924. The molecule has 0 bridgehead atoms. The van der Waals surface area contributed by atoms with E-state index in [0.717, 1.165) is 5.56 Å². The number of nitrogens with zero attached hydrogens (tertiary/aromatic N) is 1. The molecule has 1 atom stereocenters. The number of nitrogens with two attached hydrogens (primary N) is 1. The Hall–Kier alpha value is -1.17. The van der Waals surface area contributed by atoms with Crippen LogP contribution in [0.4, 0.5) is 13.2 Å². The number of Topliss-reactive ketones (excluding diaryl/α,β-unsaturated/α-hetero) is 1. The van der Waals surface area contributed by atoms with Crippen molar-refractivity contribution in [1.82, 2.24) is 0 Å². The van der Waals surface area contributed by atoms with Crippen LogP contribution < -0.4 is 29.7 Å². The number of primary amides is 1. The average molecular weight is 573 g/mol. The molecule has 10 heteroatoms. The number of halogens is 5. The largest absolute Gasteiger partial charge is 1.00 e. The monoisotopic (exact) mass is 572 g/mol. The molecule has 164 valence electrons. The van der Waals surface area contributed by atoms with Gasteiger partial charge in [0.25, 0.3) is 0 Å². The first-order valence-corrected chi connectivity index (χ1v) is 10.2. The Labute approximate surface area is 198 Å². The molecule has 30 heavy (non-hydrogen) atoms. The molecule has 0 saturated heterocycles. The number of benzene rings is 1. The van der Waals surface area contributed by atoms with Gasteiger partial charge in [0.15, 0.2) is 6.54 Å². The number of thiophene rings is 1. The van der Waals surface area contributed by atoms with Gasteiger partial charge in [0.05, 0.1) is 24.0 Å². The fourth-order valence-electron chi connectivity index (χ4n) is 3.82. The molecule has 0 saturated carbocycles. The summed E-state index contributed by atoms with van der Waals surface area (Å²) in [5.74, 6) is -0.732. The quantitative estimate of drug-likeness (QED) is 0.414. The maximum Gasteiger partial charge on any atom is 0.438 e. The van der Waals surface area contributed by atoms with Gasteiger partial charge in [-0.3, -0.25) is 9.59 Å². The zero-order valence-electron chi connectivity index (χ0n) is 16.2. The van der Waals surface area contributed by atoms with Gasteiger partial charge >= 0.3 is 6.18 Å². The highest BCUT2D eigenvalue weighted by molar-refractivity contribution is 7.12. The van der Waals surface area contributed by atoms with Crippen molar-refractivity contribution in [2.75, 3.05) is 20.1 Å². The highest BCUT2D eigenvalue weighted by Gasteiger charge is 2.43. The number of hydrogen-bond donors (Lipinski definition) is 1. The van der Waals surface area contributed by atoms with Gasteiger partial charge in [-0.25, -0.2) is 0 Å². The molecule has 4 nitrogen and oxygen atoms in total. The number of carbonyl (C=O) groups excluding carboxylic acids is 2. The summed E-state index contributed by atoms with van der Waals surface area (Å²) in [6.45, 7) is -0.492. The minimum atomic E-state index is -4.27. The van der Waals surface area contributed by atoms with Crippen LogP contribution in [0.1, 0.15) is 31.2 Å². The van der Waals surface area contributed by atoms with Crippen molar-refractivity contribution in [3.8, 4) is 0 Å². The van der Waals surface area contributed by atoms with Crippen LogP contribution in [0.2, 0.25) is 5.02 Å². The molecule has 0 aliphatic carbocycles. The molecule has 2 N–H and O–H groups in total. The normalized spacial score (nSPS) is 18.4. The average Bonchev–Trinajstić information content (AvgIpc) is 2.91. The summed E-state index contributed by atoms with van der Waals surface area (Å²) in [6, 6.07) is 6.91. The number of likely N-dealkylation sites (N-methyl/N-ethyl adjacent to an activating group) is 1. The number of rotatable bonds is 6. The van der Waals surface area contributed by atoms with Crippen molar-refractivity contribution in [2.45, 2.75) is 32.0 Å². The number of alkyl halides is 3. The maximum atomic E-state index is 12.9. The summed E-state index contributed by atoms with van der Waals surface area (Å²) in [5.41, 5.74) is 7.37. The number of hydrogen-bond acceptors (Lipinski definition) is 3. The van der Waals surface area contributed by atoms with E-state index in [1.165, 1.54) is 11.3 Å². The molecule has 2 aromatic rings. The van der Waals surface area contributed by atoms with Crippen molar-refractivity contribution >= 4 is 34.6 Å². The van der Waals surface area contributed by atoms with Gasteiger partial charge in [0, 0.05) is 29.2 Å². The van der Waals surface area contributed by atoms with E-state index in [-0.39, 0.29) is 60.2 Å². The highest BCUT2D eigenvalue weighted by Crippen LogP contribution is 2.37. The van der Waals surface area contributed by atoms with Crippen molar-refractivity contribution in [3.05, 3.63) is 55.7 Å². The second-order valence-corrected chi connectivity index (χ2v) is 9.34. The van der Waals surface area contributed by atoms with Crippen molar-refractivity contribution in [3.63, 3.8) is 0 Å². The fraction of sp³-hybridized carbons (Fsp3) is 0.400. The SMILES string of the molecule is C[N+]1(CC(F)(F)F)CCc2c(sc(CC(=O)Cc3ccc(Cl)cc3)c2C(N)=O)C1.[I-]. The molecular formula is C20H21ClF3IN2O2S. The topological polar surface area (TPSA) is 60.2 Å². The predicted molar refractivity (Wildman–Crippen MR) is 106 cm³/mol. The smallest absolute Gasteiger partial charge is 0.438 e. The van der Waals surface area contributed by atoms with Crippen LogP contribution in [0.3, 0.4) is 0 Å². The molecule has 3 rings (SSSR count). The molecule has 1 unspecified atom stereocenters. The lowest BCUT2D eigenvalue weighted by molar-refractivity contribution is -0.933. The molecule has 1 aromatic heterocycles. The molecule has 1 aromatic carbocycles. The lowest BCUT2D eigenvalue weighted by atomic mass is 9.97. The summed E-state index contributed by atoms with van der Waals surface area (Å²) in [5, 5.41) is 0.572. The summed E-state index contributed by atoms with van der Waals surface area (Å²) in [4.78, 5) is 25.8. The third-order valence-corrected chi connectivity index (χ3v) is 6.54. The molecule has 0 radical (unpaired) electrons. The van der Waals surface area contributed by atoms with E-state index < -0.39 is 18.6 Å². The molecule has 0 spiro atoms. The number of amides is 1. The van der Waals surface area contributed by atoms with Crippen molar-refractivity contribution in [1.29, 1.82) is 0 Å². The zero-order valence-corrected chi connectivity index (χ0v) is 19.9. The first-order chi connectivity index (χ1) is 13.5. The Balaban J connectivity index is 0.00000320. The second-order valence-electron chi connectivity index (χ2n) is 7.71. The van der Waals surface area contributed by atoms with Gasteiger partial charge in [-0.1, -0.05) is 23.7 Å². The van der Waals surface area contributed by atoms with Gasteiger partial charge in [-0.05, 0) is 23.3 Å². The fourth-order valence-corrected chi connectivity index (χ4v) is 5.50. The minimum absolute atomic E-state index is 0. The molecule has 2 heterocycles. The van der Waals surface area contributed by atoms with E-state index in [1.54, 1.807) is 31.3 Å². The molecular weight excluding hydrogens is 552 g/mol. The summed E-state index contributed by atoms with van der Waals surface area (Å²) in [6.07, 6.45) is -3.73. The maximum absolute atomic E-state index is 12.9. The molecule has 1 amide bonds. The Morgan fingerprint density at radius 3 is 2.40 bits per heavy atom. The Kier molecular flexibility index (Phi) is 7.98. The van der Waals surface area contributed by atoms with E-state index in [2.05, 4.69) is 0 Å². The lowest BCUT2D eigenvalue weighted by Crippen LogP contribution is -3.00. The Morgan fingerprint density at radius 1 is 1.20 bits per heavy atom. The Bertz CT molecular complexity index is 947. The standard InChI is InChI=1S/C20H20ClF3N2O2S.HI/c1-26(11-20(22,23)24)7-6-15-17(10-26)29-16(18(15)19(25)28)9-14(27)8-12-2-4-13(21)5-3-12;/h2-5H,6-11H2,1H3,(H-,25,28);1H. The number of quaternary nitrogens is 1. The first kappa shape index (κ1) is 25.1. The third kappa shape index (κ3) is 6.18. The molecule has 0 fully saturated rings. The van der Waals surface area contributed by atoms with Crippen LogP contribution in [0.5, 0.6) is 0 Å². The van der Waals surface area contributed by atoms with Crippen LogP contribution in [0.25, 0.3) is 0 Å². The molecule has 1 aliphatic heterocycles. The van der Waals surface area contributed by atoms with Gasteiger partial charge in [-0.2, -0.15) is 13.2 Å². The van der Waals surface area contributed by atoms with Crippen LogP contribution in [0.15, 0.2) is 24.3 Å². The van der Waals surface area contributed by atoms with E-state index in [9.17, 15) is 22.8 Å². The number of ketones is 1. The third-order valence-electron chi connectivity index (χ3n) is 5.07. The van der Waals surface area contributed by atoms with E-state index in [0.29, 0.717) is 32.3 Å². The van der Waals surface area contributed by atoms with Gasteiger partial charge in [0.1, 0.15) is 12.3 Å². The van der Waals surface area contributed by atoms with E-state index >= 15 is 0 Å². The van der Waals surface area contributed by atoms with E-state index in [4.69, 9.17) is 17.3 Å². The van der Waals surface area contributed by atoms with Crippen LogP contribution >= 0.6 is 22.9 Å². The lowest BCUT2D eigenvalue weighted by Gasteiger charge is -2.38. The van der Waals surface area contributed by atoms with Crippen molar-refractivity contribution < 1.29 is 51.2 Å². The number of fused-ring (bicyclic) bond motifs is 1.